The zero-order valence-electron chi connectivity index (χ0n) is 17.7. The number of rotatable bonds is 5. The number of hydrogen-bond donors (Lipinski definition) is 0. The van der Waals surface area contributed by atoms with Crippen molar-refractivity contribution in [3.63, 3.8) is 0 Å². The molecule has 0 spiro atoms. The lowest BCUT2D eigenvalue weighted by Crippen LogP contribution is -2.18. The second-order valence-electron chi connectivity index (χ2n) is 7.91. The number of para-hydroxylation sites is 1. The highest BCUT2D eigenvalue weighted by Crippen LogP contribution is 2.33. The van der Waals surface area contributed by atoms with E-state index in [2.05, 4.69) is 21.2 Å². The van der Waals surface area contributed by atoms with Crippen LogP contribution in [-0.4, -0.2) is 31.4 Å². The first kappa shape index (κ1) is 20.0. The van der Waals surface area contributed by atoms with Crippen molar-refractivity contribution in [2.24, 2.45) is 0 Å². The van der Waals surface area contributed by atoms with Crippen molar-refractivity contribution < 1.29 is 13.6 Å². The van der Waals surface area contributed by atoms with Crippen LogP contribution >= 0.6 is 11.8 Å². The summed E-state index contributed by atoms with van der Waals surface area (Å²) in [7, 11) is 0. The molecule has 4 aromatic heterocycles. The van der Waals surface area contributed by atoms with E-state index in [9.17, 15) is 4.79 Å². The molecule has 1 aromatic carbocycles. The van der Waals surface area contributed by atoms with Gasteiger partial charge in [-0.3, -0.25) is 9.36 Å². The summed E-state index contributed by atoms with van der Waals surface area (Å²) in [5, 5.41) is 10.2. The molecule has 4 heterocycles. The van der Waals surface area contributed by atoms with Gasteiger partial charge in [0.05, 0.1) is 23.8 Å². The van der Waals surface area contributed by atoms with Gasteiger partial charge in [-0.1, -0.05) is 30.0 Å². The molecule has 0 saturated heterocycles. The maximum Gasteiger partial charge on any atom is 0.241 e. The van der Waals surface area contributed by atoms with Crippen LogP contribution in [0.25, 0.3) is 33.8 Å². The molecule has 0 bridgehead atoms. The Morgan fingerprint density at radius 1 is 0.909 bits per heavy atom. The molecule has 6 rings (SSSR count). The summed E-state index contributed by atoms with van der Waals surface area (Å²) in [5.74, 6) is 1.36. The molecule has 7 nitrogen and oxygen atoms in total. The highest BCUT2D eigenvalue weighted by Gasteiger charge is 2.24. The summed E-state index contributed by atoms with van der Waals surface area (Å²) in [6.07, 6.45) is 7.39. The largest absolute Gasteiger partial charge is 0.463 e. The Balaban J connectivity index is 1.31. The van der Waals surface area contributed by atoms with Crippen LogP contribution in [0.5, 0.6) is 0 Å². The minimum atomic E-state index is 0.0256. The average Bonchev–Trinajstić information content (AvgIpc) is 3.63. The Bertz CT molecular complexity index is 1440. The van der Waals surface area contributed by atoms with Crippen molar-refractivity contribution in [1.82, 2.24) is 19.7 Å². The predicted molar refractivity (Wildman–Crippen MR) is 125 cm³/mol. The second-order valence-corrected chi connectivity index (χ2v) is 8.86. The Labute approximate surface area is 193 Å². The maximum absolute atomic E-state index is 13.4. The summed E-state index contributed by atoms with van der Waals surface area (Å²) in [6.45, 7) is 0. The fourth-order valence-electron chi connectivity index (χ4n) is 4.51. The third-order valence-corrected chi connectivity index (χ3v) is 6.75. The lowest BCUT2D eigenvalue weighted by molar-refractivity contribution is 0.0943. The first-order chi connectivity index (χ1) is 16.3. The average molecular weight is 457 g/mol. The number of fused-ring (bicyclic) bond motifs is 3. The zero-order valence-corrected chi connectivity index (χ0v) is 18.5. The second kappa shape index (κ2) is 8.37. The van der Waals surface area contributed by atoms with Crippen molar-refractivity contribution in [2.75, 3.05) is 5.75 Å². The van der Waals surface area contributed by atoms with Gasteiger partial charge in [0.2, 0.25) is 11.1 Å². The molecular weight excluding hydrogens is 436 g/mol. The maximum atomic E-state index is 13.4. The van der Waals surface area contributed by atoms with Crippen molar-refractivity contribution >= 4 is 28.6 Å². The number of aromatic nitrogens is 4. The van der Waals surface area contributed by atoms with Gasteiger partial charge in [0, 0.05) is 11.1 Å². The predicted octanol–water partition coefficient (Wildman–Crippen LogP) is 5.66. The van der Waals surface area contributed by atoms with Crippen LogP contribution in [0.2, 0.25) is 0 Å². The van der Waals surface area contributed by atoms with E-state index in [1.165, 1.54) is 29.1 Å². The lowest BCUT2D eigenvalue weighted by Gasteiger charge is -2.15. The molecule has 0 N–H and O–H groups in total. The minimum absolute atomic E-state index is 0.0256. The number of carbonyl (C=O) groups is 1. The Hall–Kier alpha value is -3.65. The van der Waals surface area contributed by atoms with Gasteiger partial charge in [0.1, 0.15) is 5.69 Å². The number of furan rings is 2. The van der Waals surface area contributed by atoms with Gasteiger partial charge < -0.3 is 8.83 Å². The molecule has 0 aliphatic heterocycles. The van der Waals surface area contributed by atoms with E-state index in [-0.39, 0.29) is 11.7 Å². The molecule has 0 unspecified atom stereocenters. The van der Waals surface area contributed by atoms with E-state index in [4.69, 9.17) is 8.83 Å². The van der Waals surface area contributed by atoms with Crippen LogP contribution in [0.1, 0.15) is 28.9 Å². The summed E-state index contributed by atoms with van der Waals surface area (Å²) in [6, 6.07) is 15.4. The topological polar surface area (TPSA) is 86.9 Å². The van der Waals surface area contributed by atoms with E-state index in [0.29, 0.717) is 28.1 Å². The highest BCUT2D eigenvalue weighted by atomic mass is 32.2. The number of aryl methyl sites for hydroxylation is 1. The van der Waals surface area contributed by atoms with Crippen LogP contribution < -0.4 is 0 Å². The van der Waals surface area contributed by atoms with Crippen LogP contribution in [0.4, 0.5) is 0 Å². The van der Waals surface area contributed by atoms with Crippen LogP contribution in [0, 0.1) is 0 Å². The SMILES string of the molecule is O=C(CSc1nnc(-c2ccco2)c(-c2ccco2)n1)n1c2c(c3ccccc31)CCCC2. The van der Waals surface area contributed by atoms with E-state index < -0.39 is 0 Å². The number of nitrogens with zero attached hydrogens (tertiary/aromatic N) is 4. The first-order valence-electron chi connectivity index (χ1n) is 10.9. The molecule has 1 aliphatic carbocycles. The molecule has 0 atom stereocenters. The van der Waals surface area contributed by atoms with Crippen LogP contribution in [0.3, 0.4) is 0 Å². The summed E-state index contributed by atoms with van der Waals surface area (Å²) in [4.78, 5) is 18.0. The van der Waals surface area contributed by atoms with Gasteiger partial charge in [-0.05, 0) is 61.6 Å². The fourth-order valence-corrected chi connectivity index (χ4v) is 5.14. The molecule has 0 radical (unpaired) electrons. The number of hydrogen-bond acceptors (Lipinski definition) is 7. The molecule has 8 heteroatoms. The number of thioether (sulfide) groups is 1. The molecular formula is C25H20N4O3S. The quantitative estimate of drug-likeness (QED) is 0.315. The summed E-state index contributed by atoms with van der Waals surface area (Å²) in [5.41, 5.74) is 4.48. The Morgan fingerprint density at radius 2 is 1.67 bits per heavy atom. The van der Waals surface area contributed by atoms with Gasteiger partial charge in [-0.25, -0.2) is 4.98 Å². The third kappa shape index (κ3) is 3.56. The standard InChI is InChI=1S/C25H20N4O3S/c30-22(29-18-9-3-1-7-16(18)17-8-2-4-10-19(17)29)15-33-25-26-23(20-11-5-13-31-20)24(27-28-25)21-12-6-14-32-21/h1,3,5-7,9,11-14H,2,4,8,10,15H2. The normalized spacial score (nSPS) is 13.3. The molecule has 1 aliphatic rings. The monoisotopic (exact) mass is 456 g/mol. The number of carbonyl (C=O) groups excluding carboxylic acids is 1. The summed E-state index contributed by atoms with van der Waals surface area (Å²) < 4.78 is 12.9. The van der Waals surface area contributed by atoms with Crippen LogP contribution in [-0.2, 0) is 12.8 Å². The Morgan fingerprint density at radius 3 is 2.45 bits per heavy atom. The van der Waals surface area contributed by atoms with Crippen molar-refractivity contribution in [2.45, 2.75) is 30.8 Å². The van der Waals surface area contributed by atoms with E-state index in [1.807, 2.05) is 28.8 Å². The van der Waals surface area contributed by atoms with Crippen molar-refractivity contribution in [3.05, 3.63) is 72.3 Å². The molecule has 164 valence electrons. The van der Waals surface area contributed by atoms with Crippen molar-refractivity contribution in [3.8, 4) is 22.9 Å². The van der Waals surface area contributed by atoms with Gasteiger partial charge in [0.25, 0.3) is 0 Å². The van der Waals surface area contributed by atoms with Gasteiger partial charge in [0.15, 0.2) is 17.2 Å². The van der Waals surface area contributed by atoms with Crippen LogP contribution in [0.15, 0.2) is 75.0 Å². The first-order valence-corrected chi connectivity index (χ1v) is 11.9. The lowest BCUT2D eigenvalue weighted by atomic mass is 9.96. The minimum Gasteiger partial charge on any atom is -0.463 e. The van der Waals surface area contributed by atoms with E-state index in [1.54, 1.807) is 30.7 Å². The van der Waals surface area contributed by atoms with Gasteiger partial charge in [-0.15, -0.1) is 10.2 Å². The molecule has 33 heavy (non-hydrogen) atoms. The smallest absolute Gasteiger partial charge is 0.241 e. The zero-order chi connectivity index (χ0) is 22.2. The Kier molecular flexibility index (Phi) is 5.07. The molecule has 0 amide bonds. The van der Waals surface area contributed by atoms with Gasteiger partial charge >= 0.3 is 0 Å². The molecule has 0 fully saturated rings. The van der Waals surface area contributed by atoms with Gasteiger partial charge in [-0.2, -0.15) is 0 Å². The molecule has 0 saturated carbocycles. The highest BCUT2D eigenvalue weighted by molar-refractivity contribution is 7.99. The number of benzene rings is 1. The van der Waals surface area contributed by atoms with Crippen molar-refractivity contribution in [1.29, 1.82) is 0 Å². The summed E-state index contributed by atoms with van der Waals surface area (Å²) >= 11 is 1.28. The van der Waals surface area contributed by atoms with E-state index >= 15 is 0 Å². The van der Waals surface area contributed by atoms with E-state index in [0.717, 1.165) is 30.5 Å². The fraction of sp³-hybridized carbons (Fsp3) is 0.200. The molecule has 5 aromatic rings. The third-order valence-electron chi connectivity index (χ3n) is 5.93.